The molecule has 2 N–H and O–H groups in total. The number of likely N-dealkylation sites (N-methyl/N-ethyl adjacent to an activating group) is 1. The van der Waals surface area contributed by atoms with Gasteiger partial charge < -0.3 is 10.4 Å². The smallest absolute Gasteiger partial charge is 0.237 e. The Labute approximate surface area is 79.9 Å². The van der Waals surface area contributed by atoms with Crippen molar-refractivity contribution in [1.82, 2.24) is 10.2 Å². The minimum atomic E-state index is -0.186. The predicted octanol–water partition coefficient (Wildman–Crippen LogP) is -0.176. The van der Waals surface area contributed by atoms with Gasteiger partial charge in [-0.1, -0.05) is 0 Å². The molecule has 0 aliphatic rings. The van der Waals surface area contributed by atoms with Crippen molar-refractivity contribution < 1.29 is 9.90 Å². The first kappa shape index (κ1) is 12.4. The number of nitrogens with one attached hydrogen (secondary N) is 1. The number of hydrogen-bond acceptors (Lipinski definition) is 3. The van der Waals surface area contributed by atoms with Crippen molar-refractivity contribution in [3.8, 4) is 0 Å². The highest BCUT2D eigenvalue weighted by Crippen LogP contribution is 1.95. The fourth-order valence-corrected chi connectivity index (χ4v) is 0.957. The van der Waals surface area contributed by atoms with E-state index in [0.29, 0.717) is 6.54 Å². The summed E-state index contributed by atoms with van der Waals surface area (Å²) in [5.74, 6) is 0.00551. The fourth-order valence-electron chi connectivity index (χ4n) is 0.957. The Bertz CT molecular complexity index is 160. The van der Waals surface area contributed by atoms with E-state index in [9.17, 15) is 4.79 Å². The number of carbonyl (C=O) groups excluding carboxylic acids is 1. The van der Waals surface area contributed by atoms with Gasteiger partial charge in [0.2, 0.25) is 5.91 Å². The number of rotatable bonds is 5. The van der Waals surface area contributed by atoms with Crippen molar-refractivity contribution in [3.63, 3.8) is 0 Å². The summed E-state index contributed by atoms with van der Waals surface area (Å²) in [6, 6.07) is -0.0213. The van der Waals surface area contributed by atoms with Crippen molar-refractivity contribution in [2.45, 2.75) is 32.9 Å². The normalized spacial score (nSPS) is 13.5. The second kappa shape index (κ2) is 5.94. The Morgan fingerprint density at radius 3 is 2.38 bits per heavy atom. The van der Waals surface area contributed by atoms with E-state index in [1.54, 1.807) is 0 Å². The molecule has 0 spiro atoms. The SMILES string of the molecule is CC(C)NC(=O)C(C)N(C)CCO. The molecule has 13 heavy (non-hydrogen) atoms. The van der Waals surface area contributed by atoms with Crippen LogP contribution in [0.3, 0.4) is 0 Å². The topological polar surface area (TPSA) is 52.6 Å². The summed E-state index contributed by atoms with van der Waals surface area (Å²) in [6.07, 6.45) is 0. The van der Waals surface area contributed by atoms with E-state index in [2.05, 4.69) is 5.32 Å². The van der Waals surface area contributed by atoms with Crippen LogP contribution < -0.4 is 5.32 Å². The van der Waals surface area contributed by atoms with Crippen molar-refractivity contribution in [1.29, 1.82) is 0 Å². The van der Waals surface area contributed by atoms with Crippen LogP contribution >= 0.6 is 0 Å². The molecule has 0 bridgehead atoms. The molecule has 0 heterocycles. The second-order valence-corrected chi connectivity index (χ2v) is 3.54. The highest BCUT2D eigenvalue weighted by atomic mass is 16.3. The zero-order valence-corrected chi connectivity index (χ0v) is 8.87. The van der Waals surface area contributed by atoms with Crippen LogP contribution in [-0.4, -0.2) is 48.2 Å². The third-order valence-corrected chi connectivity index (χ3v) is 1.92. The second-order valence-electron chi connectivity index (χ2n) is 3.54. The maximum atomic E-state index is 11.4. The van der Waals surface area contributed by atoms with E-state index in [1.807, 2.05) is 32.7 Å². The summed E-state index contributed by atoms with van der Waals surface area (Å²) in [6.45, 7) is 6.28. The molecule has 4 nitrogen and oxygen atoms in total. The van der Waals surface area contributed by atoms with Crippen molar-refractivity contribution in [3.05, 3.63) is 0 Å². The lowest BCUT2D eigenvalue weighted by molar-refractivity contribution is -0.126. The fraction of sp³-hybridized carbons (Fsp3) is 0.889. The van der Waals surface area contributed by atoms with Crippen LogP contribution in [0.1, 0.15) is 20.8 Å². The van der Waals surface area contributed by atoms with Gasteiger partial charge in [-0.05, 0) is 27.8 Å². The summed E-state index contributed by atoms with van der Waals surface area (Å²) in [7, 11) is 1.82. The van der Waals surface area contributed by atoms with Crippen LogP contribution in [0.4, 0.5) is 0 Å². The van der Waals surface area contributed by atoms with Gasteiger partial charge in [-0.25, -0.2) is 0 Å². The van der Waals surface area contributed by atoms with Gasteiger partial charge in [0.25, 0.3) is 0 Å². The molecule has 0 radical (unpaired) electrons. The van der Waals surface area contributed by atoms with Crippen LogP contribution in [0.2, 0.25) is 0 Å². The van der Waals surface area contributed by atoms with E-state index in [-0.39, 0.29) is 24.6 Å². The van der Waals surface area contributed by atoms with Gasteiger partial charge >= 0.3 is 0 Å². The molecular formula is C9H20N2O2. The lowest BCUT2D eigenvalue weighted by Crippen LogP contribution is -2.46. The van der Waals surface area contributed by atoms with Gasteiger partial charge in [0.05, 0.1) is 12.6 Å². The summed E-state index contributed by atoms with van der Waals surface area (Å²) < 4.78 is 0. The lowest BCUT2D eigenvalue weighted by Gasteiger charge is -2.23. The summed E-state index contributed by atoms with van der Waals surface area (Å²) in [4.78, 5) is 13.3. The average Bonchev–Trinajstić information content (AvgIpc) is 2.02. The molecule has 0 rings (SSSR count). The molecule has 1 atom stereocenters. The minimum absolute atomic E-state index is 0.00551. The third kappa shape index (κ3) is 4.85. The summed E-state index contributed by atoms with van der Waals surface area (Å²) in [5.41, 5.74) is 0. The van der Waals surface area contributed by atoms with Gasteiger partial charge in [-0.2, -0.15) is 0 Å². The number of hydrogen-bond donors (Lipinski definition) is 2. The summed E-state index contributed by atoms with van der Waals surface area (Å²) >= 11 is 0. The molecule has 0 aromatic heterocycles. The van der Waals surface area contributed by atoms with Crippen molar-refractivity contribution in [2.75, 3.05) is 20.2 Å². The molecule has 0 aliphatic heterocycles. The van der Waals surface area contributed by atoms with Crippen molar-refractivity contribution in [2.24, 2.45) is 0 Å². The maximum absolute atomic E-state index is 11.4. The first-order chi connectivity index (χ1) is 5.99. The Morgan fingerprint density at radius 1 is 1.46 bits per heavy atom. The molecule has 4 heteroatoms. The largest absolute Gasteiger partial charge is 0.395 e. The molecule has 1 unspecified atom stereocenters. The van der Waals surface area contributed by atoms with Crippen LogP contribution in [-0.2, 0) is 4.79 Å². The van der Waals surface area contributed by atoms with E-state index in [1.165, 1.54) is 0 Å². The number of nitrogens with zero attached hydrogens (tertiary/aromatic N) is 1. The monoisotopic (exact) mass is 188 g/mol. The molecule has 0 aliphatic carbocycles. The Kier molecular flexibility index (Phi) is 5.66. The third-order valence-electron chi connectivity index (χ3n) is 1.92. The van der Waals surface area contributed by atoms with E-state index >= 15 is 0 Å². The molecule has 0 saturated carbocycles. The molecule has 0 aromatic rings. The van der Waals surface area contributed by atoms with Crippen LogP contribution in [0.15, 0.2) is 0 Å². The first-order valence-electron chi connectivity index (χ1n) is 4.60. The highest BCUT2D eigenvalue weighted by molar-refractivity contribution is 5.81. The Morgan fingerprint density at radius 2 is 2.00 bits per heavy atom. The summed E-state index contributed by atoms with van der Waals surface area (Å²) in [5, 5.41) is 11.5. The molecule has 0 fully saturated rings. The average molecular weight is 188 g/mol. The number of amides is 1. The van der Waals surface area contributed by atoms with Crippen LogP contribution in [0, 0.1) is 0 Å². The standard InChI is InChI=1S/C9H20N2O2/c1-7(2)10-9(13)8(3)11(4)5-6-12/h7-8,12H,5-6H2,1-4H3,(H,10,13). The molecule has 0 aromatic carbocycles. The van der Waals surface area contributed by atoms with Crippen LogP contribution in [0.5, 0.6) is 0 Å². The van der Waals surface area contributed by atoms with E-state index in [0.717, 1.165) is 0 Å². The van der Waals surface area contributed by atoms with Crippen molar-refractivity contribution >= 4 is 5.91 Å². The van der Waals surface area contributed by atoms with Gasteiger partial charge in [0.1, 0.15) is 0 Å². The number of carbonyl (C=O) groups is 1. The zero-order chi connectivity index (χ0) is 10.4. The molecule has 78 valence electrons. The molecular weight excluding hydrogens is 168 g/mol. The zero-order valence-electron chi connectivity index (χ0n) is 8.87. The van der Waals surface area contributed by atoms with E-state index < -0.39 is 0 Å². The van der Waals surface area contributed by atoms with Gasteiger partial charge in [0.15, 0.2) is 0 Å². The Balaban J connectivity index is 3.93. The number of aliphatic hydroxyl groups is 1. The van der Waals surface area contributed by atoms with E-state index in [4.69, 9.17) is 5.11 Å². The van der Waals surface area contributed by atoms with Gasteiger partial charge in [-0.15, -0.1) is 0 Å². The first-order valence-corrected chi connectivity index (χ1v) is 4.60. The lowest BCUT2D eigenvalue weighted by atomic mass is 10.2. The van der Waals surface area contributed by atoms with Gasteiger partial charge in [0, 0.05) is 12.6 Å². The molecule has 0 saturated heterocycles. The molecule has 1 amide bonds. The van der Waals surface area contributed by atoms with Gasteiger partial charge in [-0.3, -0.25) is 9.69 Å². The maximum Gasteiger partial charge on any atom is 0.237 e. The highest BCUT2D eigenvalue weighted by Gasteiger charge is 2.17. The number of aliphatic hydroxyl groups excluding tert-OH is 1. The Hall–Kier alpha value is -0.610. The minimum Gasteiger partial charge on any atom is -0.395 e. The quantitative estimate of drug-likeness (QED) is 0.629. The van der Waals surface area contributed by atoms with Crippen LogP contribution in [0.25, 0.3) is 0 Å². The predicted molar refractivity (Wildman–Crippen MR) is 52.5 cm³/mol.